The Labute approximate surface area is 142 Å². The van der Waals surface area contributed by atoms with Crippen LogP contribution in [-0.2, 0) is 6.42 Å². The number of hydrogen-bond donors (Lipinski definition) is 1. The van der Waals surface area contributed by atoms with E-state index in [1.54, 1.807) is 24.5 Å². The Balaban J connectivity index is 1.96. The SMILES string of the molecule is CC(C)CCc1nc2ccccc2cc1C(=O)Nc1ccncc1. The topological polar surface area (TPSA) is 54.9 Å². The van der Waals surface area contributed by atoms with Crippen molar-refractivity contribution in [3.8, 4) is 0 Å². The zero-order valence-electron chi connectivity index (χ0n) is 14.0. The van der Waals surface area contributed by atoms with Crippen LogP contribution in [0.5, 0.6) is 0 Å². The summed E-state index contributed by atoms with van der Waals surface area (Å²) in [6.07, 6.45) is 5.12. The van der Waals surface area contributed by atoms with Gasteiger partial charge in [-0.25, -0.2) is 0 Å². The highest BCUT2D eigenvalue weighted by Crippen LogP contribution is 2.20. The summed E-state index contributed by atoms with van der Waals surface area (Å²) in [5.41, 5.74) is 3.16. The van der Waals surface area contributed by atoms with Crippen LogP contribution >= 0.6 is 0 Å². The number of hydrogen-bond acceptors (Lipinski definition) is 3. The molecule has 2 heterocycles. The lowest BCUT2D eigenvalue weighted by molar-refractivity contribution is 0.102. The third kappa shape index (κ3) is 3.77. The van der Waals surface area contributed by atoms with Gasteiger partial charge in [-0.05, 0) is 43.0 Å². The number of carbonyl (C=O) groups is 1. The molecule has 2 aromatic heterocycles. The third-order valence-electron chi connectivity index (χ3n) is 3.94. The second-order valence-corrected chi connectivity index (χ2v) is 6.30. The summed E-state index contributed by atoms with van der Waals surface area (Å²) in [5.74, 6) is 0.438. The van der Waals surface area contributed by atoms with Crippen molar-refractivity contribution in [1.82, 2.24) is 9.97 Å². The van der Waals surface area contributed by atoms with E-state index in [4.69, 9.17) is 4.98 Å². The van der Waals surface area contributed by atoms with Gasteiger partial charge >= 0.3 is 0 Å². The number of nitrogens with zero attached hydrogens (tertiary/aromatic N) is 2. The van der Waals surface area contributed by atoms with Crippen LogP contribution in [0, 0.1) is 5.92 Å². The second kappa shape index (κ2) is 7.21. The molecule has 1 N–H and O–H groups in total. The van der Waals surface area contributed by atoms with Crippen molar-refractivity contribution in [2.24, 2.45) is 5.92 Å². The molecule has 1 aromatic carbocycles. The van der Waals surface area contributed by atoms with Crippen LogP contribution in [0.25, 0.3) is 10.9 Å². The highest BCUT2D eigenvalue weighted by molar-refractivity contribution is 6.06. The van der Waals surface area contributed by atoms with Crippen LogP contribution in [0.3, 0.4) is 0 Å². The fourth-order valence-corrected chi connectivity index (χ4v) is 2.60. The predicted molar refractivity (Wildman–Crippen MR) is 97.1 cm³/mol. The molecule has 1 amide bonds. The highest BCUT2D eigenvalue weighted by Gasteiger charge is 2.15. The number of pyridine rings is 2. The van der Waals surface area contributed by atoms with Crippen molar-refractivity contribution < 1.29 is 4.79 Å². The Hall–Kier alpha value is -2.75. The standard InChI is InChI=1S/C20H21N3O/c1-14(2)7-8-19-17(13-15-5-3-4-6-18(15)23-19)20(24)22-16-9-11-21-12-10-16/h3-6,9-14H,7-8H2,1-2H3,(H,21,22,24). The average molecular weight is 319 g/mol. The number of carbonyl (C=O) groups excluding carboxylic acids is 1. The van der Waals surface area contributed by atoms with E-state index >= 15 is 0 Å². The van der Waals surface area contributed by atoms with E-state index < -0.39 is 0 Å². The van der Waals surface area contributed by atoms with Gasteiger partial charge in [-0.2, -0.15) is 0 Å². The monoisotopic (exact) mass is 319 g/mol. The summed E-state index contributed by atoms with van der Waals surface area (Å²) in [6.45, 7) is 4.36. The van der Waals surface area contributed by atoms with Crippen LogP contribution < -0.4 is 5.32 Å². The van der Waals surface area contributed by atoms with Crippen molar-refractivity contribution in [3.63, 3.8) is 0 Å². The molecule has 0 aliphatic rings. The molecular formula is C20H21N3O. The van der Waals surface area contributed by atoms with Crippen LogP contribution in [0.2, 0.25) is 0 Å². The van der Waals surface area contributed by atoms with Gasteiger partial charge in [-0.1, -0.05) is 32.0 Å². The van der Waals surface area contributed by atoms with Crippen molar-refractivity contribution in [1.29, 1.82) is 0 Å². The van der Waals surface area contributed by atoms with Crippen molar-refractivity contribution >= 4 is 22.5 Å². The third-order valence-corrected chi connectivity index (χ3v) is 3.94. The number of rotatable bonds is 5. The molecule has 0 atom stereocenters. The molecule has 0 spiro atoms. The van der Waals surface area contributed by atoms with Gasteiger partial charge in [-0.3, -0.25) is 14.8 Å². The first-order valence-corrected chi connectivity index (χ1v) is 8.23. The number of para-hydroxylation sites is 1. The van der Waals surface area contributed by atoms with Gasteiger partial charge in [0, 0.05) is 23.5 Å². The molecular weight excluding hydrogens is 298 g/mol. The summed E-state index contributed by atoms with van der Waals surface area (Å²) in [6, 6.07) is 13.4. The first kappa shape index (κ1) is 16.1. The first-order chi connectivity index (χ1) is 11.6. The number of aromatic nitrogens is 2. The van der Waals surface area contributed by atoms with Crippen LogP contribution in [0.15, 0.2) is 54.9 Å². The Morgan fingerprint density at radius 3 is 2.62 bits per heavy atom. The van der Waals surface area contributed by atoms with Gasteiger partial charge in [0.2, 0.25) is 0 Å². The molecule has 0 radical (unpaired) electrons. The van der Waals surface area contributed by atoms with E-state index in [0.29, 0.717) is 11.5 Å². The van der Waals surface area contributed by atoms with E-state index in [-0.39, 0.29) is 5.91 Å². The van der Waals surface area contributed by atoms with Gasteiger partial charge in [0.25, 0.3) is 5.91 Å². The molecule has 0 unspecified atom stereocenters. The first-order valence-electron chi connectivity index (χ1n) is 8.23. The molecule has 0 saturated heterocycles. The van der Waals surface area contributed by atoms with Crippen LogP contribution in [-0.4, -0.2) is 15.9 Å². The lowest BCUT2D eigenvalue weighted by atomic mass is 10.0. The van der Waals surface area contributed by atoms with Crippen LogP contribution in [0.4, 0.5) is 5.69 Å². The largest absolute Gasteiger partial charge is 0.322 e. The number of fused-ring (bicyclic) bond motifs is 1. The molecule has 3 aromatic rings. The van der Waals surface area contributed by atoms with E-state index in [9.17, 15) is 4.79 Å². The summed E-state index contributed by atoms with van der Waals surface area (Å²) in [7, 11) is 0. The summed E-state index contributed by atoms with van der Waals surface area (Å²) in [4.78, 5) is 21.5. The van der Waals surface area contributed by atoms with Crippen molar-refractivity contribution in [2.75, 3.05) is 5.32 Å². The zero-order valence-corrected chi connectivity index (χ0v) is 14.0. The number of benzene rings is 1. The van der Waals surface area contributed by atoms with E-state index in [2.05, 4.69) is 24.1 Å². The van der Waals surface area contributed by atoms with Gasteiger partial charge < -0.3 is 5.32 Å². The Morgan fingerprint density at radius 2 is 1.88 bits per heavy atom. The van der Waals surface area contributed by atoms with Crippen molar-refractivity contribution in [2.45, 2.75) is 26.7 Å². The minimum Gasteiger partial charge on any atom is -0.322 e. The maximum atomic E-state index is 12.8. The molecule has 3 rings (SSSR count). The highest BCUT2D eigenvalue weighted by atomic mass is 16.1. The molecule has 4 heteroatoms. The van der Waals surface area contributed by atoms with Gasteiger partial charge in [-0.15, -0.1) is 0 Å². The molecule has 0 bridgehead atoms. The maximum absolute atomic E-state index is 12.8. The van der Waals surface area contributed by atoms with Crippen LogP contribution in [0.1, 0.15) is 36.3 Å². The molecule has 0 aliphatic heterocycles. The van der Waals surface area contributed by atoms with Gasteiger partial charge in [0.1, 0.15) is 0 Å². The second-order valence-electron chi connectivity index (χ2n) is 6.30. The molecule has 24 heavy (non-hydrogen) atoms. The quantitative estimate of drug-likeness (QED) is 0.755. The molecule has 122 valence electrons. The Morgan fingerprint density at radius 1 is 1.12 bits per heavy atom. The minimum absolute atomic E-state index is 0.127. The lowest BCUT2D eigenvalue weighted by Gasteiger charge is -2.12. The zero-order chi connectivity index (χ0) is 16.9. The smallest absolute Gasteiger partial charge is 0.257 e. The minimum atomic E-state index is -0.127. The summed E-state index contributed by atoms with van der Waals surface area (Å²) < 4.78 is 0. The number of nitrogens with one attached hydrogen (secondary N) is 1. The Kier molecular flexibility index (Phi) is 4.85. The van der Waals surface area contributed by atoms with E-state index in [0.717, 1.165) is 35.1 Å². The lowest BCUT2D eigenvalue weighted by Crippen LogP contribution is -2.16. The van der Waals surface area contributed by atoms with E-state index in [1.807, 2.05) is 30.3 Å². The van der Waals surface area contributed by atoms with Gasteiger partial charge in [0.05, 0.1) is 16.8 Å². The number of amides is 1. The summed E-state index contributed by atoms with van der Waals surface area (Å²) in [5, 5.41) is 3.91. The predicted octanol–water partition coefficient (Wildman–Crippen LogP) is 4.47. The van der Waals surface area contributed by atoms with Gasteiger partial charge in [0.15, 0.2) is 0 Å². The fraction of sp³-hybridized carbons (Fsp3) is 0.250. The van der Waals surface area contributed by atoms with Crippen molar-refractivity contribution in [3.05, 3.63) is 66.1 Å². The molecule has 4 nitrogen and oxygen atoms in total. The molecule has 0 aliphatic carbocycles. The fourth-order valence-electron chi connectivity index (χ4n) is 2.60. The molecule has 0 saturated carbocycles. The van der Waals surface area contributed by atoms with E-state index in [1.165, 1.54) is 0 Å². The number of aryl methyl sites for hydroxylation is 1. The summed E-state index contributed by atoms with van der Waals surface area (Å²) >= 11 is 0. The average Bonchev–Trinajstić information content (AvgIpc) is 2.60. The normalized spacial score (nSPS) is 11.0. The Bertz CT molecular complexity index is 844. The number of anilines is 1. The maximum Gasteiger partial charge on any atom is 0.257 e. The molecule has 0 fully saturated rings.